The van der Waals surface area contributed by atoms with Crippen LogP contribution in [0.3, 0.4) is 0 Å². The number of ketones is 1. The molecule has 1 atom stereocenters. The van der Waals surface area contributed by atoms with Crippen LogP contribution < -0.4 is 10.1 Å². The standard InChI is InChI=1S/C14H22N2O2/c1-4-6-18-13-7-12(8-15-9-13)14(17)10-16-11(3)5-2/h7-9,11,16H,4-6,10H2,1-3H3. The smallest absolute Gasteiger partial charge is 0.178 e. The van der Waals surface area contributed by atoms with Crippen molar-refractivity contribution in [1.29, 1.82) is 0 Å². The molecule has 1 aromatic rings. The summed E-state index contributed by atoms with van der Waals surface area (Å²) in [5.41, 5.74) is 0.597. The Morgan fingerprint density at radius 3 is 2.89 bits per heavy atom. The molecule has 0 aliphatic rings. The van der Waals surface area contributed by atoms with Gasteiger partial charge >= 0.3 is 0 Å². The van der Waals surface area contributed by atoms with Gasteiger partial charge in [-0.2, -0.15) is 0 Å². The van der Waals surface area contributed by atoms with Gasteiger partial charge < -0.3 is 10.1 Å². The fraction of sp³-hybridized carbons (Fsp3) is 0.571. The van der Waals surface area contributed by atoms with E-state index in [-0.39, 0.29) is 5.78 Å². The van der Waals surface area contributed by atoms with Crippen LogP contribution in [0.1, 0.15) is 44.0 Å². The monoisotopic (exact) mass is 250 g/mol. The number of ether oxygens (including phenoxy) is 1. The minimum Gasteiger partial charge on any atom is -0.492 e. The van der Waals surface area contributed by atoms with Crippen molar-refractivity contribution in [2.24, 2.45) is 0 Å². The van der Waals surface area contributed by atoms with E-state index in [9.17, 15) is 4.79 Å². The van der Waals surface area contributed by atoms with Crippen molar-refractivity contribution in [3.63, 3.8) is 0 Å². The Kier molecular flexibility index (Phi) is 6.36. The van der Waals surface area contributed by atoms with Crippen LogP contribution in [0.15, 0.2) is 18.5 Å². The molecule has 0 spiro atoms. The van der Waals surface area contributed by atoms with Crippen molar-refractivity contribution in [2.45, 2.75) is 39.7 Å². The molecule has 0 fully saturated rings. The Hall–Kier alpha value is -1.42. The van der Waals surface area contributed by atoms with Crippen molar-refractivity contribution in [3.8, 4) is 5.75 Å². The highest BCUT2D eigenvalue weighted by molar-refractivity contribution is 5.97. The van der Waals surface area contributed by atoms with E-state index < -0.39 is 0 Å². The zero-order chi connectivity index (χ0) is 13.4. The number of carbonyl (C=O) groups excluding carboxylic acids is 1. The quantitative estimate of drug-likeness (QED) is 0.720. The first kappa shape index (κ1) is 14.6. The van der Waals surface area contributed by atoms with Crippen LogP contribution in [-0.4, -0.2) is 30.0 Å². The Balaban J connectivity index is 2.56. The predicted octanol–water partition coefficient (Wildman–Crippen LogP) is 2.44. The van der Waals surface area contributed by atoms with Crippen molar-refractivity contribution in [3.05, 3.63) is 24.0 Å². The van der Waals surface area contributed by atoms with Gasteiger partial charge in [0.2, 0.25) is 0 Å². The highest BCUT2D eigenvalue weighted by Gasteiger charge is 2.08. The number of aromatic nitrogens is 1. The van der Waals surface area contributed by atoms with E-state index in [1.54, 1.807) is 18.5 Å². The van der Waals surface area contributed by atoms with Crippen molar-refractivity contribution >= 4 is 5.78 Å². The molecule has 0 aliphatic heterocycles. The van der Waals surface area contributed by atoms with Crippen LogP contribution in [0.2, 0.25) is 0 Å². The molecule has 18 heavy (non-hydrogen) atoms. The molecular weight excluding hydrogens is 228 g/mol. The maximum absolute atomic E-state index is 11.9. The summed E-state index contributed by atoms with van der Waals surface area (Å²) in [5, 5.41) is 3.18. The van der Waals surface area contributed by atoms with Gasteiger partial charge in [-0.3, -0.25) is 9.78 Å². The highest BCUT2D eigenvalue weighted by Crippen LogP contribution is 2.11. The van der Waals surface area contributed by atoms with Crippen LogP contribution in [0.4, 0.5) is 0 Å². The topological polar surface area (TPSA) is 51.2 Å². The molecule has 1 rings (SSSR count). The first-order valence-electron chi connectivity index (χ1n) is 6.51. The van der Waals surface area contributed by atoms with Crippen molar-refractivity contribution < 1.29 is 9.53 Å². The van der Waals surface area contributed by atoms with E-state index in [1.165, 1.54) is 0 Å². The second kappa shape index (κ2) is 7.82. The molecular formula is C14H22N2O2. The van der Waals surface area contributed by atoms with Gasteiger partial charge in [-0.1, -0.05) is 13.8 Å². The third-order valence-electron chi connectivity index (χ3n) is 2.73. The average Bonchev–Trinajstić information content (AvgIpc) is 2.42. The largest absolute Gasteiger partial charge is 0.492 e. The third kappa shape index (κ3) is 4.84. The number of hydrogen-bond donors (Lipinski definition) is 1. The fourth-order valence-electron chi connectivity index (χ4n) is 1.38. The van der Waals surface area contributed by atoms with Gasteiger partial charge in [-0.25, -0.2) is 0 Å². The van der Waals surface area contributed by atoms with Crippen LogP contribution in [-0.2, 0) is 0 Å². The molecule has 4 nitrogen and oxygen atoms in total. The molecule has 0 saturated carbocycles. The maximum atomic E-state index is 11.9. The third-order valence-corrected chi connectivity index (χ3v) is 2.73. The Morgan fingerprint density at radius 2 is 2.22 bits per heavy atom. The van der Waals surface area contributed by atoms with E-state index in [4.69, 9.17) is 4.74 Å². The van der Waals surface area contributed by atoms with Crippen molar-refractivity contribution in [2.75, 3.05) is 13.2 Å². The van der Waals surface area contributed by atoms with Gasteiger partial charge in [0.1, 0.15) is 5.75 Å². The number of Topliss-reactive ketones (excluding diaryl/α,β-unsaturated/α-hetero) is 1. The second-order valence-corrected chi connectivity index (χ2v) is 4.37. The zero-order valence-electron chi connectivity index (χ0n) is 11.4. The van der Waals surface area contributed by atoms with Gasteiger partial charge in [0, 0.05) is 17.8 Å². The normalized spacial score (nSPS) is 12.2. The predicted molar refractivity (Wildman–Crippen MR) is 72.1 cm³/mol. The Morgan fingerprint density at radius 1 is 1.44 bits per heavy atom. The summed E-state index contributed by atoms with van der Waals surface area (Å²) in [6.07, 6.45) is 5.16. The number of hydrogen-bond acceptors (Lipinski definition) is 4. The lowest BCUT2D eigenvalue weighted by molar-refractivity contribution is 0.0987. The van der Waals surface area contributed by atoms with E-state index in [0.29, 0.717) is 30.5 Å². The van der Waals surface area contributed by atoms with E-state index in [1.807, 2.05) is 6.92 Å². The Labute approximate surface area is 109 Å². The van der Waals surface area contributed by atoms with Gasteiger partial charge in [0.25, 0.3) is 0 Å². The molecule has 1 aromatic heterocycles. The molecule has 4 heteroatoms. The lowest BCUT2D eigenvalue weighted by Gasteiger charge is -2.10. The molecule has 1 N–H and O–H groups in total. The molecule has 0 aromatic carbocycles. The van der Waals surface area contributed by atoms with Crippen LogP contribution >= 0.6 is 0 Å². The number of nitrogens with one attached hydrogen (secondary N) is 1. The van der Waals surface area contributed by atoms with Gasteiger partial charge in [-0.05, 0) is 25.8 Å². The van der Waals surface area contributed by atoms with Gasteiger partial charge in [0.15, 0.2) is 5.78 Å². The first-order chi connectivity index (χ1) is 8.67. The lowest BCUT2D eigenvalue weighted by Crippen LogP contribution is -2.30. The summed E-state index contributed by atoms with van der Waals surface area (Å²) in [6, 6.07) is 2.10. The van der Waals surface area contributed by atoms with E-state index >= 15 is 0 Å². The number of nitrogens with zero attached hydrogens (tertiary/aromatic N) is 1. The SMILES string of the molecule is CCCOc1cncc(C(=O)CNC(C)CC)c1. The van der Waals surface area contributed by atoms with Crippen LogP contribution in [0.25, 0.3) is 0 Å². The molecule has 0 saturated heterocycles. The molecule has 100 valence electrons. The minimum atomic E-state index is 0.0461. The lowest BCUT2D eigenvalue weighted by atomic mass is 10.1. The van der Waals surface area contributed by atoms with E-state index in [0.717, 1.165) is 12.8 Å². The summed E-state index contributed by atoms with van der Waals surface area (Å²) in [7, 11) is 0. The van der Waals surface area contributed by atoms with Crippen LogP contribution in [0.5, 0.6) is 5.75 Å². The summed E-state index contributed by atoms with van der Waals surface area (Å²) in [4.78, 5) is 16.0. The first-order valence-corrected chi connectivity index (χ1v) is 6.51. The maximum Gasteiger partial charge on any atom is 0.178 e. The second-order valence-electron chi connectivity index (χ2n) is 4.37. The van der Waals surface area contributed by atoms with E-state index in [2.05, 4.69) is 24.1 Å². The molecule has 0 amide bonds. The average molecular weight is 250 g/mol. The van der Waals surface area contributed by atoms with Gasteiger partial charge in [-0.15, -0.1) is 0 Å². The molecule has 0 radical (unpaired) electrons. The summed E-state index contributed by atoms with van der Waals surface area (Å²) < 4.78 is 5.46. The number of pyridine rings is 1. The fourth-order valence-corrected chi connectivity index (χ4v) is 1.38. The summed E-state index contributed by atoms with van der Waals surface area (Å²) >= 11 is 0. The molecule has 1 unspecified atom stereocenters. The van der Waals surface area contributed by atoms with Crippen LogP contribution in [0, 0.1) is 0 Å². The number of rotatable bonds is 8. The summed E-state index contributed by atoms with van der Waals surface area (Å²) in [6.45, 7) is 7.17. The zero-order valence-corrected chi connectivity index (χ0v) is 11.4. The van der Waals surface area contributed by atoms with Gasteiger partial charge in [0.05, 0.1) is 19.3 Å². The highest BCUT2D eigenvalue weighted by atomic mass is 16.5. The molecule has 0 aliphatic carbocycles. The number of carbonyl (C=O) groups is 1. The molecule has 1 heterocycles. The summed E-state index contributed by atoms with van der Waals surface area (Å²) in [5.74, 6) is 0.705. The minimum absolute atomic E-state index is 0.0461. The van der Waals surface area contributed by atoms with Crippen molar-refractivity contribution in [1.82, 2.24) is 10.3 Å². The Bertz CT molecular complexity index is 380. The molecule has 0 bridgehead atoms.